The first kappa shape index (κ1) is 10.7. The zero-order valence-electron chi connectivity index (χ0n) is 9.33. The first-order valence-corrected chi connectivity index (χ1v) is 5.71. The predicted octanol–water partition coefficient (Wildman–Crippen LogP) is 2.26. The van der Waals surface area contributed by atoms with Gasteiger partial charge in [-0.05, 0) is 31.9 Å². The maximum absolute atomic E-state index is 5.70. The van der Waals surface area contributed by atoms with Crippen LogP contribution >= 0.6 is 0 Å². The minimum absolute atomic E-state index is 0.579. The predicted molar refractivity (Wildman–Crippen MR) is 61.9 cm³/mol. The highest BCUT2D eigenvalue weighted by Gasteiger charge is 2.13. The summed E-state index contributed by atoms with van der Waals surface area (Å²) in [5, 5.41) is 3.43. The second kappa shape index (κ2) is 5.29. The van der Waals surface area contributed by atoms with Crippen molar-refractivity contribution in [2.75, 3.05) is 13.2 Å². The molecule has 1 atom stereocenters. The fourth-order valence-corrected chi connectivity index (χ4v) is 2.02. The van der Waals surface area contributed by atoms with Gasteiger partial charge in [-0.15, -0.1) is 0 Å². The van der Waals surface area contributed by atoms with E-state index >= 15 is 0 Å². The maximum Gasteiger partial charge on any atom is 0.0717 e. The van der Waals surface area contributed by atoms with Gasteiger partial charge in [-0.25, -0.2) is 0 Å². The van der Waals surface area contributed by atoms with Crippen LogP contribution in [0.1, 0.15) is 24.0 Å². The number of rotatable bonds is 4. The molecule has 1 aliphatic heterocycles. The maximum atomic E-state index is 5.70. The molecule has 1 aromatic rings. The second-order valence-corrected chi connectivity index (χ2v) is 4.30. The van der Waals surface area contributed by atoms with Crippen molar-refractivity contribution in [3.63, 3.8) is 0 Å². The number of hydrogen-bond acceptors (Lipinski definition) is 2. The zero-order chi connectivity index (χ0) is 10.5. The minimum Gasteiger partial charge on any atom is -0.375 e. The van der Waals surface area contributed by atoms with Crippen LogP contribution in [-0.4, -0.2) is 19.2 Å². The number of nitrogens with one attached hydrogen (secondary N) is 1. The molecule has 0 radical (unpaired) electrons. The highest BCUT2D eigenvalue weighted by atomic mass is 16.5. The fourth-order valence-electron chi connectivity index (χ4n) is 2.02. The molecule has 82 valence electrons. The summed E-state index contributed by atoms with van der Waals surface area (Å²) in [6.07, 6.45) is 2.55. The third kappa shape index (κ3) is 3.33. The summed E-state index contributed by atoms with van der Waals surface area (Å²) in [6, 6.07) is 9.08. The van der Waals surface area contributed by atoms with E-state index in [2.05, 4.69) is 36.5 Å². The third-order valence-electron chi connectivity index (χ3n) is 2.83. The lowest BCUT2D eigenvalue weighted by Gasteiger charge is -2.10. The molecular formula is C13H19NO. The summed E-state index contributed by atoms with van der Waals surface area (Å²) in [4.78, 5) is 0. The van der Waals surface area contributed by atoms with Crippen molar-refractivity contribution in [1.82, 2.24) is 5.32 Å². The molecule has 1 aliphatic rings. The van der Waals surface area contributed by atoms with Crippen LogP contribution in [0.15, 0.2) is 24.3 Å². The SMILES string of the molecule is Cc1cccc(COCC2CCCN2)c1. The molecule has 0 amide bonds. The van der Waals surface area contributed by atoms with Crippen LogP contribution in [-0.2, 0) is 11.3 Å². The summed E-state index contributed by atoms with van der Waals surface area (Å²) in [6.45, 7) is 4.84. The number of benzene rings is 1. The van der Waals surface area contributed by atoms with Gasteiger partial charge in [0.15, 0.2) is 0 Å². The molecule has 2 nitrogen and oxygen atoms in total. The van der Waals surface area contributed by atoms with Gasteiger partial charge in [-0.2, -0.15) is 0 Å². The molecular weight excluding hydrogens is 186 g/mol. The van der Waals surface area contributed by atoms with Gasteiger partial charge in [0.1, 0.15) is 0 Å². The van der Waals surface area contributed by atoms with Crippen molar-refractivity contribution in [2.45, 2.75) is 32.4 Å². The van der Waals surface area contributed by atoms with E-state index in [1.165, 1.54) is 24.0 Å². The Bertz CT molecular complexity index is 305. The van der Waals surface area contributed by atoms with Gasteiger partial charge in [0.2, 0.25) is 0 Å². The number of ether oxygens (including phenoxy) is 1. The molecule has 2 heteroatoms. The number of hydrogen-bond donors (Lipinski definition) is 1. The monoisotopic (exact) mass is 205 g/mol. The van der Waals surface area contributed by atoms with Gasteiger partial charge >= 0.3 is 0 Å². The van der Waals surface area contributed by atoms with Crippen molar-refractivity contribution in [2.24, 2.45) is 0 Å². The molecule has 1 fully saturated rings. The van der Waals surface area contributed by atoms with Crippen LogP contribution in [0.2, 0.25) is 0 Å². The Labute approximate surface area is 91.6 Å². The van der Waals surface area contributed by atoms with Crippen LogP contribution in [0.25, 0.3) is 0 Å². The first-order chi connectivity index (χ1) is 7.34. The third-order valence-corrected chi connectivity index (χ3v) is 2.83. The van der Waals surface area contributed by atoms with Gasteiger partial charge in [-0.1, -0.05) is 29.8 Å². The molecule has 0 aromatic heterocycles. The summed E-state index contributed by atoms with van der Waals surface area (Å²) in [7, 11) is 0. The zero-order valence-corrected chi connectivity index (χ0v) is 9.33. The van der Waals surface area contributed by atoms with Crippen molar-refractivity contribution in [3.05, 3.63) is 35.4 Å². The molecule has 1 heterocycles. The highest BCUT2D eigenvalue weighted by molar-refractivity contribution is 5.21. The molecule has 0 spiro atoms. The molecule has 1 saturated heterocycles. The Morgan fingerprint density at radius 3 is 3.13 bits per heavy atom. The van der Waals surface area contributed by atoms with Crippen molar-refractivity contribution >= 4 is 0 Å². The molecule has 15 heavy (non-hydrogen) atoms. The average Bonchev–Trinajstić information content (AvgIpc) is 2.71. The van der Waals surface area contributed by atoms with Crippen molar-refractivity contribution < 1.29 is 4.74 Å². The number of aryl methyl sites for hydroxylation is 1. The molecule has 0 bridgehead atoms. The van der Waals surface area contributed by atoms with Gasteiger partial charge in [0.05, 0.1) is 13.2 Å². The summed E-state index contributed by atoms with van der Waals surface area (Å²) in [5.74, 6) is 0. The first-order valence-electron chi connectivity index (χ1n) is 5.71. The topological polar surface area (TPSA) is 21.3 Å². The Balaban J connectivity index is 1.73. The quantitative estimate of drug-likeness (QED) is 0.814. The van der Waals surface area contributed by atoms with Crippen molar-refractivity contribution in [1.29, 1.82) is 0 Å². The van der Waals surface area contributed by atoms with Crippen LogP contribution in [0.4, 0.5) is 0 Å². The standard InChI is InChI=1S/C13H19NO/c1-11-4-2-5-12(8-11)9-15-10-13-6-3-7-14-13/h2,4-5,8,13-14H,3,6-7,9-10H2,1H3. The summed E-state index contributed by atoms with van der Waals surface area (Å²) in [5.41, 5.74) is 2.57. The van der Waals surface area contributed by atoms with E-state index in [1.807, 2.05) is 0 Å². The average molecular weight is 205 g/mol. The normalized spacial score (nSPS) is 20.7. The van der Waals surface area contributed by atoms with Gasteiger partial charge in [0, 0.05) is 6.04 Å². The van der Waals surface area contributed by atoms with Crippen LogP contribution in [0, 0.1) is 6.92 Å². The Hall–Kier alpha value is -0.860. The van der Waals surface area contributed by atoms with E-state index in [0.717, 1.165) is 19.8 Å². The Morgan fingerprint density at radius 2 is 2.40 bits per heavy atom. The van der Waals surface area contributed by atoms with Gasteiger partial charge in [-0.3, -0.25) is 0 Å². The highest BCUT2D eigenvalue weighted by Crippen LogP contribution is 2.08. The molecule has 1 aromatic carbocycles. The van der Waals surface area contributed by atoms with E-state index in [1.54, 1.807) is 0 Å². The molecule has 0 aliphatic carbocycles. The summed E-state index contributed by atoms with van der Waals surface area (Å²) < 4.78 is 5.70. The lowest BCUT2D eigenvalue weighted by atomic mass is 10.1. The summed E-state index contributed by atoms with van der Waals surface area (Å²) >= 11 is 0. The molecule has 0 saturated carbocycles. The van der Waals surface area contributed by atoms with E-state index in [-0.39, 0.29) is 0 Å². The van der Waals surface area contributed by atoms with E-state index in [0.29, 0.717) is 6.04 Å². The van der Waals surface area contributed by atoms with Gasteiger partial charge < -0.3 is 10.1 Å². The lowest BCUT2D eigenvalue weighted by Crippen LogP contribution is -2.26. The van der Waals surface area contributed by atoms with Crippen molar-refractivity contribution in [3.8, 4) is 0 Å². The largest absolute Gasteiger partial charge is 0.375 e. The van der Waals surface area contributed by atoms with E-state index in [4.69, 9.17) is 4.74 Å². The van der Waals surface area contributed by atoms with Crippen LogP contribution in [0.3, 0.4) is 0 Å². The lowest BCUT2D eigenvalue weighted by molar-refractivity contribution is 0.103. The molecule has 1 N–H and O–H groups in total. The molecule has 1 unspecified atom stereocenters. The smallest absolute Gasteiger partial charge is 0.0717 e. The van der Waals surface area contributed by atoms with E-state index in [9.17, 15) is 0 Å². The van der Waals surface area contributed by atoms with Crippen LogP contribution < -0.4 is 5.32 Å². The second-order valence-electron chi connectivity index (χ2n) is 4.30. The van der Waals surface area contributed by atoms with Gasteiger partial charge in [0.25, 0.3) is 0 Å². The fraction of sp³-hybridized carbons (Fsp3) is 0.538. The van der Waals surface area contributed by atoms with E-state index < -0.39 is 0 Å². The Kier molecular flexibility index (Phi) is 3.75. The Morgan fingerprint density at radius 1 is 1.47 bits per heavy atom. The molecule has 2 rings (SSSR count). The minimum atomic E-state index is 0.579. The van der Waals surface area contributed by atoms with Crippen LogP contribution in [0.5, 0.6) is 0 Å².